The van der Waals surface area contributed by atoms with Gasteiger partial charge in [0.2, 0.25) is 5.91 Å². The minimum Gasteiger partial charge on any atom is -0.378 e. The van der Waals surface area contributed by atoms with Crippen LogP contribution in [0, 0.1) is 19.8 Å². The second kappa shape index (κ2) is 8.05. The molecule has 6 nitrogen and oxygen atoms in total. The van der Waals surface area contributed by atoms with E-state index in [1.807, 2.05) is 106 Å². The SMILES string of the molecule is Cc1ccc(N2C(=O)[C@@H]3[C@@H](c4ccc(N(C)C)cc4)N(c4ccccc4)O[C@H]3C2=O)c(C)c1. The second-order valence-corrected chi connectivity index (χ2v) is 8.95. The van der Waals surface area contributed by atoms with Crippen LogP contribution < -0.4 is 14.9 Å². The summed E-state index contributed by atoms with van der Waals surface area (Å²) in [5, 5.41) is 1.73. The minimum atomic E-state index is -0.864. The second-order valence-electron chi connectivity index (χ2n) is 8.95. The Morgan fingerprint density at radius 2 is 1.55 bits per heavy atom. The van der Waals surface area contributed by atoms with Crippen molar-refractivity contribution in [3.63, 3.8) is 0 Å². The summed E-state index contributed by atoms with van der Waals surface area (Å²) in [6, 6.07) is 23.0. The van der Waals surface area contributed by atoms with Crippen LogP contribution in [-0.2, 0) is 14.4 Å². The normalized spacial score (nSPS) is 22.1. The van der Waals surface area contributed by atoms with Gasteiger partial charge in [0.25, 0.3) is 5.91 Å². The molecule has 5 rings (SSSR count). The summed E-state index contributed by atoms with van der Waals surface area (Å²) in [5.41, 5.74) is 5.41. The Kier molecular flexibility index (Phi) is 5.17. The summed E-state index contributed by atoms with van der Waals surface area (Å²) in [6.07, 6.45) is -0.864. The molecule has 0 unspecified atom stereocenters. The molecule has 0 aliphatic carbocycles. The van der Waals surface area contributed by atoms with Crippen LogP contribution in [0.5, 0.6) is 0 Å². The number of carbonyl (C=O) groups excluding carboxylic acids is 2. The molecule has 0 aromatic heterocycles. The number of imide groups is 1. The van der Waals surface area contributed by atoms with Crippen LogP contribution in [0.4, 0.5) is 17.1 Å². The van der Waals surface area contributed by atoms with Gasteiger partial charge in [-0.2, -0.15) is 0 Å². The molecule has 2 aliphatic rings. The van der Waals surface area contributed by atoms with Crippen LogP contribution in [0.3, 0.4) is 0 Å². The van der Waals surface area contributed by atoms with E-state index < -0.39 is 18.1 Å². The van der Waals surface area contributed by atoms with E-state index in [4.69, 9.17) is 4.84 Å². The average molecular weight is 442 g/mol. The van der Waals surface area contributed by atoms with Gasteiger partial charge in [0.15, 0.2) is 6.10 Å². The lowest BCUT2D eigenvalue weighted by molar-refractivity contribution is -0.126. The fourth-order valence-corrected chi connectivity index (χ4v) is 4.82. The molecule has 6 heteroatoms. The fourth-order valence-electron chi connectivity index (χ4n) is 4.82. The molecule has 0 saturated carbocycles. The van der Waals surface area contributed by atoms with Crippen LogP contribution >= 0.6 is 0 Å². The Morgan fingerprint density at radius 1 is 0.848 bits per heavy atom. The largest absolute Gasteiger partial charge is 0.378 e. The van der Waals surface area contributed by atoms with Crippen molar-refractivity contribution in [3.8, 4) is 0 Å². The predicted octanol–water partition coefficient (Wildman–Crippen LogP) is 4.42. The van der Waals surface area contributed by atoms with Crippen molar-refractivity contribution in [3.05, 3.63) is 89.5 Å². The molecule has 2 fully saturated rings. The molecule has 0 spiro atoms. The van der Waals surface area contributed by atoms with Gasteiger partial charge in [-0.3, -0.25) is 14.4 Å². The van der Waals surface area contributed by atoms with Crippen molar-refractivity contribution in [1.29, 1.82) is 0 Å². The van der Waals surface area contributed by atoms with E-state index in [1.54, 1.807) is 5.06 Å². The Morgan fingerprint density at radius 3 is 2.18 bits per heavy atom. The number of aryl methyl sites for hydroxylation is 2. The van der Waals surface area contributed by atoms with Crippen LogP contribution in [0.2, 0.25) is 0 Å². The number of amides is 2. The molecule has 0 N–H and O–H groups in total. The van der Waals surface area contributed by atoms with E-state index in [0.29, 0.717) is 5.69 Å². The van der Waals surface area contributed by atoms with Gasteiger partial charge in [-0.25, -0.2) is 9.96 Å². The first-order valence-corrected chi connectivity index (χ1v) is 11.1. The van der Waals surface area contributed by atoms with Gasteiger partial charge in [-0.1, -0.05) is 48.0 Å². The highest BCUT2D eigenvalue weighted by atomic mass is 16.7. The number of hydrogen-bond acceptors (Lipinski definition) is 5. The quantitative estimate of drug-likeness (QED) is 0.561. The van der Waals surface area contributed by atoms with Crippen LogP contribution in [0.25, 0.3) is 0 Å². The van der Waals surface area contributed by atoms with Crippen LogP contribution in [0.15, 0.2) is 72.8 Å². The third-order valence-electron chi connectivity index (χ3n) is 6.47. The average Bonchev–Trinajstić information content (AvgIpc) is 3.31. The summed E-state index contributed by atoms with van der Waals surface area (Å²) in [5.74, 6) is -1.18. The third-order valence-corrected chi connectivity index (χ3v) is 6.47. The van der Waals surface area contributed by atoms with Gasteiger partial charge in [0.05, 0.1) is 17.4 Å². The van der Waals surface area contributed by atoms with E-state index in [1.165, 1.54) is 4.90 Å². The molecule has 0 radical (unpaired) electrons. The van der Waals surface area contributed by atoms with Crippen molar-refractivity contribution < 1.29 is 14.4 Å². The number of rotatable bonds is 4. The van der Waals surface area contributed by atoms with E-state index in [2.05, 4.69) is 0 Å². The Balaban J connectivity index is 1.58. The molecule has 33 heavy (non-hydrogen) atoms. The van der Waals surface area contributed by atoms with Crippen molar-refractivity contribution in [2.75, 3.05) is 29.0 Å². The molecular formula is C27H27N3O3. The number of hydroxylamine groups is 1. The zero-order valence-electron chi connectivity index (χ0n) is 19.2. The maximum atomic E-state index is 13.8. The number of nitrogens with zero attached hydrogens (tertiary/aromatic N) is 3. The maximum Gasteiger partial charge on any atom is 0.266 e. The number of hydrogen-bond donors (Lipinski definition) is 0. The molecule has 2 aliphatic heterocycles. The number of fused-ring (bicyclic) bond motifs is 1. The van der Waals surface area contributed by atoms with Crippen molar-refractivity contribution in [2.24, 2.45) is 5.92 Å². The fraction of sp³-hybridized carbons (Fsp3) is 0.259. The summed E-state index contributed by atoms with van der Waals surface area (Å²) >= 11 is 0. The van der Waals surface area contributed by atoms with Gasteiger partial charge >= 0.3 is 0 Å². The zero-order chi connectivity index (χ0) is 23.3. The minimum absolute atomic E-state index is 0.225. The smallest absolute Gasteiger partial charge is 0.266 e. The van der Waals surface area contributed by atoms with Gasteiger partial charge in [-0.05, 0) is 55.3 Å². The highest BCUT2D eigenvalue weighted by Gasteiger charge is 2.60. The highest BCUT2D eigenvalue weighted by molar-refractivity contribution is 6.24. The van der Waals surface area contributed by atoms with Gasteiger partial charge in [-0.15, -0.1) is 0 Å². The first kappa shape index (κ1) is 21.2. The van der Waals surface area contributed by atoms with E-state index in [9.17, 15) is 9.59 Å². The highest BCUT2D eigenvalue weighted by Crippen LogP contribution is 2.48. The summed E-state index contributed by atoms with van der Waals surface area (Å²) in [7, 11) is 3.97. The Labute approximate surface area is 193 Å². The monoisotopic (exact) mass is 441 g/mol. The topological polar surface area (TPSA) is 53.1 Å². The van der Waals surface area contributed by atoms with Gasteiger partial charge in [0.1, 0.15) is 5.92 Å². The molecule has 168 valence electrons. The number of anilines is 3. The van der Waals surface area contributed by atoms with E-state index in [0.717, 1.165) is 28.1 Å². The Bertz CT molecular complexity index is 1210. The molecule has 3 aromatic rings. The molecular weight excluding hydrogens is 414 g/mol. The first-order valence-electron chi connectivity index (χ1n) is 11.1. The standard InChI is InChI=1S/C27H27N3O3/c1-17-10-15-22(18(2)16-17)29-26(31)23-24(19-11-13-20(14-12-19)28(3)4)30(33-25(23)27(29)32)21-8-6-5-7-9-21/h5-16,23-25H,1-4H3/t23-,24-,25-/m1/s1. The lowest BCUT2D eigenvalue weighted by atomic mass is 9.90. The van der Waals surface area contributed by atoms with E-state index >= 15 is 0 Å². The molecule has 2 saturated heterocycles. The maximum absolute atomic E-state index is 13.8. The molecule has 3 aromatic carbocycles. The molecule has 2 amide bonds. The summed E-state index contributed by atoms with van der Waals surface area (Å²) in [4.78, 5) is 36.8. The predicted molar refractivity (Wildman–Crippen MR) is 129 cm³/mol. The third kappa shape index (κ3) is 3.47. The van der Waals surface area contributed by atoms with Gasteiger partial charge in [0, 0.05) is 19.8 Å². The molecule has 0 bridgehead atoms. The van der Waals surface area contributed by atoms with E-state index in [-0.39, 0.29) is 11.8 Å². The first-order chi connectivity index (χ1) is 15.9. The lowest BCUT2D eigenvalue weighted by Crippen LogP contribution is -2.37. The summed E-state index contributed by atoms with van der Waals surface area (Å²) in [6.45, 7) is 3.92. The zero-order valence-corrected chi connectivity index (χ0v) is 19.2. The van der Waals surface area contributed by atoms with Crippen LogP contribution in [-0.4, -0.2) is 32.0 Å². The van der Waals surface area contributed by atoms with Crippen molar-refractivity contribution in [2.45, 2.75) is 26.0 Å². The van der Waals surface area contributed by atoms with Crippen molar-refractivity contribution >= 4 is 28.9 Å². The Hall–Kier alpha value is -3.64. The van der Waals surface area contributed by atoms with Crippen molar-refractivity contribution in [1.82, 2.24) is 0 Å². The molecule has 2 heterocycles. The van der Waals surface area contributed by atoms with Gasteiger partial charge < -0.3 is 4.90 Å². The summed E-state index contributed by atoms with van der Waals surface area (Å²) < 4.78 is 0. The lowest BCUT2D eigenvalue weighted by Gasteiger charge is -2.29. The number of para-hydroxylation sites is 1. The molecule has 3 atom stereocenters. The van der Waals surface area contributed by atoms with Crippen LogP contribution in [0.1, 0.15) is 22.7 Å². The number of carbonyl (C=O) groups is 2. The number of benzene rings is 3.